The predicted octanol–water partition coefficient (Wildman–Crippen LogP) is 1.13. The Morgan fingerprint density at radius 2 is 1.22 bits per heavy atom. The molecule has 3 saturated heterocycles. The van der Waals surface area contributed by atoms with Crippen LogP contribution >= 0.6 is 0 Å². The second kappa shape index (κ2) is 20.2. The van der Waals surface area contributed by atoms with Crippen molar-refractivity contribution in [3.05, 3.63) is 24.3 Å². The maximum atomic E-state index is 11.6. The minimum Gasteiger partial charge on any atom is -0.394 e. The van der Waals surface area contributed by atoms with Crippen LogP contribution in [0.5, 0.6) is 0 Å². The van der Waals surface area contributed by atoms with E-state index in [9.17, 15) is 51.1 Å². The Bertz CT molecular complexity index is 1540. The Morgan fingerprint density at radius 3 is 1.86 bits per heavy atom. The standard InChI is InChI=1S/C47H78O16/c1-7-24(22(2)3)9-8-23(4)28-12-13-29-27-11-10-25-18-26(14-16-46(25,5)30(27)15-17-47(28,29)6)59-45-42(63-44-41(57)38(54)35(51)32(20-49)61-44)39(55)36(52)33(62-45)21-58-43-40(56)37(53)34(50)31(19-48)60-43/h8-11,22-45,48-57H,7,12-21H2,1-6H3/b9-8+/t23-,24-,25?,26+,27?,28-,29+,30+,31-,32-,33-,34-,35-,36-,37+,38+,39+,40-,41-,42-,43-,44+,45-,46+,47-/m1/s1. The van der Waals surface area contributed by atoms with Crippen LogP contribution in [0.2, 0.25) is 0 Å². The number of aliphatic hydroxyl groups is 10. The summed E-state index contributed by atoms with van der Waals surface area (Å²) in [7, 11) is 0. The first-order valence-electron chi connectivity index (χ1n) is 23.8. The minimum atomic E-state index is -1.80. The van der Waals surface area contributed by atoms with Gasteiger partial charge < -0.3 is 79.5 Å². The average molecular weight is 899 g/mol. The van der Waals surface area contributed by atoms with Crippen molar-refractivity contribution in [2.45, 2.75) is 191 Å². The second-order valence-electron chi connectivity index (χ2n) is 21.0. The third-order valence-electron chi connectivity index (χ3n) is 17.2. The number of hydrogen-bond donors (Lipinski definition) is 10. The topological polar surface area (TPSA) is 258 Å². The predicted molar refractivity (Wildman–Crippen MR) is 226 cm³/mol. The van der Waals surface area contributed by atoms with Crippen molar-refractivity contribution >= 4 is 0 Å². The highest BCUT2D eigenvalue weighted by Gasteiger charge is 2.60. The van der Waals surface area contributed by atoms with Gasteiger partial charge in [-0.15, -0.1) is 0 Å². The summed E-state index contributed by atoms with van der Waals surface area (Å²) in [6.07, 6.45) is -5.97. The van der Waals surface area contributed by atoms with E-state index in [1.807, 2.05) is 0 Å². The second-order valence-corrected chi connectivity index (χ2v) is 21.0. The fourth-order valence-electron chi connectivity index (χ4n) is 13.1. The monoisotopic (exact) mass is 899 g/mol. The largest absolute Gasteiger partial charge is 0.394 e. The van der Waals surface area contributed by atoms with Crippen LogP contribution in [0.3, 0.4) is 0 Å². The van der Waals surface area contributed by atoms with Crippen molar-refractivity contribution in [3.63, 3.8) is 0 Å². The molecule has 3 aliphatic heterocycles. The number of aliphatic hydroxyl groups excluding tert-OH is 10. The molecule has 0 amide bonds. The van der Waals surface area contributed by atoms with Crippen LogP contribution in [0.1, 0.15) is 92.9 Å². The SMILES string of the molecule is CC[C@H](/C=C/[C@@H](C)[C@H]1CC[C@H]2C3C=CC4C[C@@H](O[C@@H]5O[C@H](CO[C@@H]6O[C@H](CO)[C@@H](O)[C@H](O)[C@H]6O)[C@@H](O)[C@H](O)[C@H]5O[C@@H]5O[C@H](CO)[C@@H](O)[C@H](O)[C@H]5O)CC[C@]4(C)[C@H]3CC[C@]12C)C(C)C. The molecular weight excluding hydrogens is 821 g/mol. The van der Waals surface area contributed by atoms with E-state index in [0.29, 0.717) is 54.3 Å². The highest BCUT2D eigenvalue weighted by Crippen LogP contribution is 2.67. The quantitative estimate of drug-likeness (QED) is 0.110. The van der Waals surface area contributed by atoms with Crippen LogP contribution in [-0.4, -0.2) is 169 Å². The molecule has 16 nitrogen and oxygen atoms in total. The van der Waals surface area contributed by atoms with Crippen LogP contribution in [-0.2, 0) is 28.4 Å². The van der Waals surface area contributed by atoms with E-state index in [1.54, 1.807) is 0 Å². The van der Waals surface area contributed by atoms with Crippen LogP contribution in [0.25, 0.3) is 0 Å². The number of rotatable bonds is 14. The zero-order chi connectivity index (χ0) is 45.7. The van der Waals surface area contributed by atoms with E-state index in [1.165, 1.54) is 19.3 Å². The first-order chi connectivity index (χ1) is 29.9. The van der Waals surface area contributed by atoms with Gasteiger partial charge in [0.15, 0.2) is 18.9 Å². The maximum absolute atomic E-state index is 11.6. The molecule has 7 aliphatic rings. The summed E-state index contributed by atoms with van der Waals surface area (Å²) in [5.74, 6) is 4.26. The summed E-state index contributed by atoms with van der Waals surface area (Å²) in [5, 5.41) is 105. The molecule has 6 fully saturated rings. The molecule has 0 radical (unpaired) electrons. The average Bonchev–Trinajstić information content (AvgIpc) is 3.62. The van der Waals surface area contributed by atoms with Crippen molar-refractivity contribution in [1.29, 1.82) is 0 Å². The van der Waals surface area contributed by atoms with Gasteiger partial charge in [0.2, 0.25) is 0 Å². The lowest BCUT2D eigenvalue weighted by atomic mass is 9.46. The molecule has 3 heterocycles. The summed E-state index contributed by atoms with van der Waals surface area (Å²) in [4.78, 5) is 0. The molecule has 7 rings (SSSR count). The van der Waals surface area contributed by atoms with Gasteiger partial charge in [0.05, 0.1) is 25.9 Å². The van der Waals surface area contributed by atoms with Crippen molar-refractivity contribution in [3.8, 4) is 0 Å². The molecule has 2 unspecified atom stereocenters. The van der Waals surface area contributed by atoms with E-state index >= 15 is 0 Å². The molecule has 0 aromatic rings. The van der Waals surface area contributed by atoms with Gasteiger partial charge in [0, 0.05) is 0 Å². The molecular formula is C47H78O16. The van der Waals surface area contributed by atoms with Crippen molar-refractivity contribution in [2.75, 3.05) is 19.8 Å². The molecule has 16 heteroatoms. The van der Waals surface area contributed by atoms with Gasteiger partial charge >= 0.3 is 0 Å². The van der Waals surface area contributed by atoms with Gasteiger partial charge in [-0.3, -0.25) is 0 Å². The lowest BCUT2D eigenvalue weighted by Crippen LogP contribution is -2.65. The molecule has 362 valence electrons. The summed E-state index contributed by atoms with van der Waals surface area (Å²) < 4.78 is 35.8. The summed E-state index contributed by atoms with van der Waals surface area (Å²) >= 11 is 0. The Labute approximate surface area is 372 Å². The van der Waals surface area contributed by atoms with Crippen LogP contribution in [0, 0.1) is 58.2 Å². The zero-order valence-corrected chi connectivity index (χ0v) is 37.9. The molecule has 3 saturated carbocycles. The molecule has 0 aromatic heterocycles. The van der Waals surface area contributed by atoms with Gasteiger partial charge in [0.25, 0.3) is 0 Å². The Hall–Kier alpha value is -1.16. The minimum absolute atomic E-state index is 0.0347. The molecule has 4 aliphatic carbocycles. The van der Waals surface area contributed by atoms with Gasteiger partial charge in [-0.2, -0.15) is 0 Å². The first kappa shape index (κ1) is 49.7. The number of hydrogen-bond acceptors (Lipinski definition) is 16. The summed E-state index contributed by atoms with van der Waals surface area (Å²) in [6, 6.07) is 0. The first-order valence-corrected chi connectivity index (χ1v) is 23.8. The molecule has 63 heavy (non-hydrogen) atoms. The molecule has 25 atom stereocenters. The highest BCUT2D eigenvalue weighted by atomic mass is 16.8. The van der Waals surface area contributed by atoms with Gasteiger partial charge in [-0.1, -0.05) is 65.8 Å². The van der Waals surface area contributed by atoms with E-state index < -0.39 is 112 Å². The summed E-state index contributed by atoms with van der Waals surface area (Å²) in [5.41, 5.74) is 0.314. The van der Waals surface area contributed by atoms with Gasteiger partial charge in [-0.05, 0) is 110 Å². The fraction of sp³-hybridized carbons (Fsp3) is 0.915. The molecule has 0 aromatic carbocycles. The number of ether oxygens (including phenoxy) is 6. The zero-order valence-electron chi connectivity index (χ0n) is 37.9. The van der Waals surface area contributed by atoms with E-state index in [4.69, 9.17) is 28.4 Å². The smallest absolute Gasteiger partial charge is 0.187 e. The summed E-state index contributed by atoms with van der Waals surface area (Å²) in [6.45, 7) is 12.4. The van der Waals surface area contributed by atoms with Crippen molar-refractivity contribution in [1.82, 2.24) is 0 Å². The van der Waals surface area contributed by atoms with E-state index in [-0.39, 0.29) is 22.9 Å². The molecule has 10 N–H and O–H groups in total. The van der Waals surface area contributed by atoms with Crippen LogP contribution in [0.4, 0.5) is 0 Å². The maximum Gasteiger partial charge on any atom is 0.187 e. The molecule has 0 bridgehead atoms. The van der Waals surface area contributed by atoms with Crippen molar-refractivity contribution < 1.29 is 79.5 Å². The fourth-order valence-corrected chi connectivity index (χ4v) is 13.1. The lowest BCUT2D eigenvalue weighted by Gasteiger charge is -2.59. The van der Waals surface area contributed by atoms with Crippen molar-refractivity contribution in [2.24, 2.45) is 58.2 Å². The van der Waals surface area contributed by atoms with Gasteiger partial charge in [-0.25, -0.2) is 0 Å². The third kappa shape index (κ3) is 9.51. The third-order valence-corrected chi connectivity index (χ3v) is 17.2. The van der Waals surface area contributed by atoms with Gasteiger partial charge in [0.1, 0.15) is 73.2 Å². The number of fused-ring (bicyclic) bond motifs is 5. The Kier molecular flexibility index (Phi) is 16.0. The van der Waals surface area contributed by atoms with Crippen LogP contribution in [0.15, 0.2) is 24.3 Å². The van der Waals surface area contributed by atoms with Crippen LogP contribution < -0.4 is 0 Å². The Morgan fingerprint density at radius 1 is 0.635 bits per heavy atom. The highest BCUT2D eigenvalue weighted by molar-refractivity contribution is 5.19. The lowest BCUT2D eigenvalue weighted by molar-refractivity contribution is -0.377. The van der Waals surface area contributed by atoms with E-state index in [0.717, 1.165) is 19.3 Å². The van der Waals surface area contributed by atoms with E-state index in [2.05, 4.69) is 65.8 Å². The Balaban J connectivity index is 1.06. The number of allylic oxidation sites excluding steroid dienone is 4. The normalized spacial score (nSPS) is 51.2. The molecule has 0 spiro atoms.